The van der Waals surface area contributed by atoms with Crippen LogP contribution in [0, 0.1) is 11.7 Å². The number of rotatable bonds is 7. The van der Waals surface area contributed by atoms with Crippen LogP contribution in [0.25, 0.3) is 10.9 Å². The van der Waals surface area contributed by atoms with Gasteiger partial charge in [-0.2, -0.15) is 0 Å². The van der Waals surface area contributed by atoms with Gasteiger partial charge in [0.25, 0.3) is 5.56 Å². The van der Waals surface area contributed by atoms with Crippen LogP contribution in [-0.2, 0) is 22.5 Å². The summed E-state index contributed by atoms with van der Waals surface area (Å²) in [6.45, 7) is 5.72. The summed E-state index contributed by atoms with van der Waals surface area (Å²) in [5.74, 6) is -1.14. The highest BCUT2D eigenvalue weighted by Gasteiger charge is 2.22. The van der Waals surface area contributed by atoms with Crippen LogP contribution in [0.2, 0.25) is 0 Å². The van der Waals surface area contributed by atoms with Gasteiger partial charge in [0.05, 0.1) is 29.4 Å². The molecule has 1 N–H and O–H groups in total. The number of amides is 1. The first-order valence-corrected chi connectivity index (χ1v) is 10.4. The first-order valence-electron chi connectivity index (χ1n) is 9.52. The van der Waals surface area contributed by atoms with E-state index < -0.39 is 23.3 Å². The molecular formula is C21H22FN3O4S. The zero-order valence-electron chi connectivity index (χ0n) is 16.9. The molecule has 0 aliphatic heterocycles. The molecule has 0 aliphatic rings. The van der Waals surface area contributed by atoms with Crippen LogP contribution in [0.4, 0.5) is 9.39 Å². The Kier molecular flexibility index (Phi) is 6.61. The Morgan fingerprint density at radius 1 is 1.33 bits per heavy atom. The lowest BCUT2D eigenvalue weighted by atomic mass is 10.0. The van der Waals surface area contributed by atoms with Gasteiger partial charge in [0, 0.05) is 6.07 Å². The number of ether oxygens (including phenoxy) is 1. The normalized spacial score (nSPS) is 11.1. The van der Waals surface area contributed by atoms with Gasteiger partial charge in [-0.25, -0.2) is 14.2 Å². The second-order valence-corrected chi connectivity index (χ2v) is 8.05. The highest BCUT2D eigenvalue weighted by atomic mass is 32.1. The molecule has 2 heterocycles. The number of carbonyl (C=O) groups is 2. The third kappa shape index (κ3) is 4.73. The number of halogens is 1. The monoisotopic (exact) mass is 431 g/mol. The lowest BCUT2D eigenvalue weighted by Crippen LogP contribution is -2.28. The second kappa shape index (κ2) is 9.17. The van der Waals surface area contributed by atoms with E-state index in [1.54, 1.807) is 6.92 Å². The van der Waals surface area contributed by atoms with Crippen LogP contribution < -0.4 is 10.9 Å². The van der Waals surface area contributed by atoms with Gasteiger partial charge >= 0.3 is 5.97 Å². The molecule has 0 unspecified atom stereocenters. The summed E-state index contributed by atoms with van der Waals surface area (Å²) in [4.78, 5) is 41.6. The number of fused-ring (bicyclic) bond motifs is 1. The SMILES string of the molecule is CCOC(=O)c1c(CC(C)C)csc1NC(=O)Cn1cnc2cc(F)ccc2c1=O. The maximum absolute atomic E-state index is 13.3. The number of nitrogens with one attached hydrogen (secondary N) is 1. The van der Waals surface area contributed by atoms with Gasteiger partial charge in [-0.3, -0.25) is 14.2 Å². The Morgan fingerprint density at radius 2 is 2.10 bits per heavy atom. The molecule has 0 spiro atoms. The first-order chi connectivity index (χ1) is 14.3. The Bertz CT molecular complexity index is 1150. The van der Waals surface area contributed by atoms with Crippen LogP contribution >= 0.6 is 11.3 Å². The predicted molar refractivity (Wildman–Crippen MR) is 113 cm³/mol. The van der Waals surface area contributed by atoms with Crippen molar-refractivity contribution in [1.29, 1.82) is 0 Å². The van der Waals surface area contributed by atoms with Crippen LogP contribution in [0.1, 0.15) is 36.7 Å². The minimum absolute atomic E-state index is 0.217. The average molecular weight is 431 g/mol. The second-order valence-electron chi connectivity index (χ2n) is 7.17. The summed E-state index contributed by atoms with van der Waals surface area (Å²) >= 11 is 1.24. The van der Waals surface area contributed by atoms with Gasteiger partial charge in [0.1, 0.15) is 17.4 Å². The number of anilines is 1. The minimum atomic E-state index is -0.494. The van der Waals surface area contributed by atoms with Crippen molar-refractivity contribution in [2.45, 2.75) is 33.7 Å². The highest BCUT2D eigenvalue weighted by molar-refractivity contribution is 7.15. The molecule has 0 aliphatic carbocycles. The Hall–Kier alpha value is -3.07. The number of aromatic nitrogens is 2. The number of thiophene rings is 1. The fourth-order valence-corrected chi connectivity index (χ4v) is 4.05. The van der Waals surface area contributed by atoms with E-state index in [9.17, 15) is 18.8 Å². The lowest BCUT2D eigenvalue weighted by Gasteiger charge is -2.10. The molecule has 7 nitrogen and oxygen atoms in total. The van der Waals surface area contributed by atoms with E-state index in [2.05, 4.69) is 10.3 Å². The summed E-state index contributed by atoms with van der Waals surface area (Å²) in [6.07, 6.45) is 1.87. The summed E-state index contributed by atoms with van der Waals surface area (Å²) in [5, 5.41) is 5.15. The molecular weight excluding hydrogens is 409 g/mol. The van der Waals surface area contributed by atoms with Crippen molar-refractivity contribution in [3.8, 4) is 0 Å². The average Bonchev–Trinajstić information content (AvgIpc) is 3.05. The molecule has 0 fully saturated rings. The van der Waals surface area contributed by atoms with Gasteiger partial charge < -0.3 is 10.1 Å². The van der Waals surface area contributed by atoms with Gasteiger partial charge in [0.2, 0.25) is 5.91 Å². The van der Waals surface area contributed by atoms with Crippen molar-refractivity contribution in [2.24, 2.45) is 5.92 Å². The molecule has 1 aromatic carbocycles. The summed E-state index contributed by atoms with van der Waals surface area (Å²) in [7, 11) is 0. The van der Waals surface area contributed by atoms with Crippen LogP contribution in [0.5, 0.6) is 0 Å². The highest BCUT2D eigenvalue weighted by Crippen LogP contribution is 2.31. The molecule has 0 saturated heterocycles. The quantitative estimate of drug-likeness (QED) is 0.577. The fraction of sp³-hybridized carbons (Fsp3) is 0.333. The van der Waals surface area contributed by atoms with Crippen molar-refractivity contribution < 1.29 is 18.7 Å². The van der Waals surface area contributed by atoms with Crippen molar-refractivity contribution in [3.05, 3.63) is 57.2 Å². The van der Waals surface area contributed by atoms with E-state index in [1.807, 2.05) is 19.2 Å². The molecule has 30 heavy (non-hydrogen) atoms. The van der Waals surface area contributed by atoms with Crippen LogP contribution in [0.15, 0.2) is 34.7 Å². The minimum Gasteiger partial charge on any atom is -0.462 e. The van der Waals surface area contributed by atoms with E-state index in [0.29, 0.717) is 22.9 Å². The molecule has 3 rings (SSSR count). The van der Waals surface area contributed by atoms with E-state index >= 15 is 0 Å². The molecule has 158 valence electrons. The van der Waals surface area contributed by atoms with Crippen molar-refractivity contribution >= 4 is 39.1 Å². The number of carbonyl (C=O) groups excluding carboxylic acids is 2. The van der Waals surface area contributed by atoms with Crippen LogP contribution in [0.3, 0.4) is 0 Å². The molecule has 1 amide bonds. The molecule has 3 aromatic rings. The Labute approximate surface area is 176 Å². The molecule has 0 radical (unpaired) electrons. The number of hydrogen-bond donors (Lipinski definition) is 1. The van der Waals surface area contributed by atoms with E-state index in [1.165, 1.54) is 29.8 Å². The molecule has 0 saturated carbocycles. The topological polar surface area (TPSA) is 90.3 Å². The third-order valence-corrected chi connectivity index (χ3v) is 5.27. The predicted octanol–water partition coefficient (Wildman–Crippen LogP) is 3.61. The summed E-state index contributed by atoms with van der Waals surface area (Å²) in [5.41, 5.74) is 0.934. The van der Waals surface area contributed by atoms with E-state index in [4.69, 9.17) is 4.74 Å². The molecule has 2 aromatic heterocycles. The van der Waals surface area contributed by atoms with Crippen molar-refractivity contribution in [1.82, 2.24) is 9.55 Å². The number of benzene rings is 1. The van der Waals surface area contributed by atoms with E-state index in [-0.39, 0.29) is 24.1 Å². The number of hydrogen-bond acceptors (Lipinski definition) is 6. The van der Waals surface area contributed by atoms with Gasteiger partial charge in [-0.05, 0) is 42.3 Å². The molecule has 0 atom stereocenters. The fourth-order valence-electron chi connectivity index (χ4n) is 3.07. The van der Waals surface area contributed by atoms with Gasteiger partial charge in [0.15, 0.2) is 0 Å². The zero-order chi connectivity index (χ0) is 21.8. The van der Waals surface area contributed by atoms with Gasteiger partial charge in [-0.15, -0.1) is 11.3 Å². The lowest BCUT2D eigenvalue weighted by molar-refractivity contribution is -0.116. The Morgan fingerprint density at radius 3 is 2.80 bits per heavy atom. The van der Waals surface area contributed by atoms with Crippen molar-refractivity contribution in [3.63, 3.8) is 0 Å². The van der Waals surface area contributed by atoms with Gasteiger partial charge in [-0.1, -0.05) is 13.8 Å². The zero-order valence-corrected chi connectivity index (χ0v) is 17.7. The number of esters is 1. The first kappa shape index (κ1) is 21.6. The molecule has 0 bridgehead atoms. The third-order valence-electron chi connectivity index (χ3n) is 4.33. The van der Waals surface area contributed by atoms with E-state index in [0.717, 1.165) is 16.2 Å². The standard InChI is InChI=1S/C21H22FN3O4S/c1-4-29-21(28)18-13(7-12(2)3)10-30-19(18)24-17(26)9-25-11-23-16-8-14(22)5-6-15(16)20(25)27/h5-6,8,10-12H,4,7,9H2,1-3H3,(H,24,26). The summed E-state index contributed by atoms with van der Waals surface area (Å²) < 4.78 is 19.6. The maximum Gasteiger partial charge on any atom is 0.341 e. The summed E-state index contributed by atoms with van der Waals surface area (Å²) in [6, 6.07) is 3.67. The Balaban J connectivity index is 1.84. The largest absolute Gasteiger partial charge is 0.462 e. The molecule has 9 heteroatoms. The van der Waals surface area contributed by atoms with Crippen molar-refractivity contribution in [2.75, 3.05) is 11.9 Å². The smallest absolute Gasteiger partial charge is 0.341 e. The maximum atomic E-state index is 13.3. The number of nitrogens with zero attached hydrogens (tertiary/aromatic N) is 2. The van der Waals surface area contributed by atoms with Crippen LogP contribution in [-0.4, -0.2) is 28.0 Å².